The van der Waals surface area contributed by atoms with Crippen molar-refractivity contribution >= 4 is 24.5 Å². The van der Waals surface area contributed by atoms with Gasteiger partial charge in [-0.1, -0.05) is 0 Å². The Bertz CT molecular complexity index is 710. The average Bonchev–Trinajstić information content (AvgIpc) is 3.17. The van der Waals surface area contributed by atoms with E-state index in [0.29, 0.717) is 0 Å². The highest BCUT2D eigenvalue weighted by molar-refractivity contribution is 5.80. The number of nitrogens with two attached hydrogens (primary N) is 2. The predicted octanol–water partition coefficient (Wildman–Crippen LogP) is 0.384. The molecule has 0 radical (unpaired) electrons. The number of hydrogen-bond donors (Lipinski definition) is 4. The van der Waals surface area contributed by atoms with Gasteiger partial charge in [-0.3, -0.25) is 0 Å². The van der Waals surface area contributed by atoms with Crippen LogP contribution in [0.15, 0.2) is 46.9 Å². The third-order valence-corrected chi connectivity index (χ3v) is 3.27. The molecule has 2 heterocycles. The van der Waals surface area contributed by atoms with Crippen LogP contribution in [0.1, 0.15) is 17.8 Å². The maximum Gasteiger partial charge on any atom is 0.332 e. The fraction of sp³-hybridized carbons (Fsp3) is 0.200. The first-order valence-electron chi connectivity index (χ1n) is 7.53. The summed E-state index contributed by atoms with van der Waals surface area (Å²) in [5.41, 5.74) is 15.9. The normalized spacial score (nSPS) is 11.2. The Labute approximate surface area is 144 Å². The van der Waals surface area contributed by atoms with Gasteiger partial charge in [0.05, 0.1) is 23.8 Å². The molecule has 10 heteroatoms. The van der Waals surface area contributed by atoms with E-state index in [0.717, 1.165) is 30.9 Å². The maximum absolute atomic E-state index is 10.6. The topological polar surface area (TPSA) is 145 Å². The Morgan fingerprint density at radius 2 is 1.36 bits per heavy atom. The molecule has 6 N–H and O–H groups in total. The molecule has 0 aliphatic carbocycles. The SMILES string of the molecule is NC(=O)N/N=C\c1cccn1CCCn1cccc1/C=N\NC(N)=O. The minimum absolute atomic E-state index is 0.706. The molecule has 0 aromatic carbocycles. The van der Waals surface area contributed by atoms with Gasteiger partial charge < -0.3 is 20.6 Å². The molecule has 0 spiro atoms. The number of primary amides is 2. The lowest BCUT2D eigenvalue weighted by atomic mass is 10.3. The van der Waals surface area contributed by atoms with Crippen LogP contribution in [0.5, 0.6) is 0 Å². The Morgan fingerprint density at radius 1 is 0.920 bits per heavy atom. The Balaban J connectivity index is 1.88. The molecule has 10 nitrogen and oxygen atoms in total. The molecule has 0 bridgehead atoms. The second-order valence-corrected chi connectivity index (χ2v) is 5.07. The van der Waals surface area contributed by atoms with Gasteiger partial charge in [-0.15, -0.1) is 0 Å². The van der Waals surface area contributed by atoms with E-state index in [2.05, 4.69) is 21.1 Å². The predicted molar refractivity (Wildman–Crippen MR) is 94.1 cm³/mol. The summed E-state index contributed by atoms with van der Waals surface area (Å²) in [4.78, 5) is 21.2. The molecule has 0 aliphatic heterocycles. The lowest BCUT2D eigenvalue weighted by Crippen LogP contribution is -2.24. The smallest absolute Gasteiger partial charge is 0.332 e. The number of nitrogens with one attached hydrogen (secondary N) is 2. The summed E-state index contributed by atoms with van der Waals surface area (Å²) in [7, 11) is 0. The summed E-state index contributed by atoms with van der Waals surface area (Å²) in [5.74, 6) is 0. The molecule has 0 atom stereocenters. The zero-order chi connectivity index (χ0) is 18.1. The van der Waals surface area contributed by atoms with Gasteiger partial charge in [-0.05, 0) is 30.7 Å². The molecule has 4 amide bonds. The van der Waals surface area contributed by atoms with Crippen LogP contribution in [0.4, 0.5) is 9.59 Å². The number of hydrogen-bond acceptors (Lipinski definition) is 4. The average molecular weight is 344 g/mol. The highest BCUT2D eigenvalue weighted by Gasteiger charge is 2.01. The standard InChI is InChI=1S/C15H20N8O2/c16-14(24)20-18-10-12-4-1-6-22(12)8-3-9-23-7-2-5-13(23)11-19-21-15(17)25/h1-2,4-7,10-11H,3,8-9H2,(H3,16,20,24)(H3,17,21,25)/b18-10-,19-11-. The van der Waals surface area contributed by atoms with Gasteiger partial charge in [-0.25, -0.2) is 20.4 Å². The first-order valence-corrected chi connectivity index (χ1v) is 7.53. The van der Waals surface area contributed by atoms with Gasteiger partial charge in [0.25, 0.3) is 0 Å². The summed E-state index contributed by atoms with van der Waals surface area (Å²) in [6, 6.07) is 6.15. The zero-order valence-corrected chi connectivity index (χ0v) is 13.5. The van der Waals surface area contributed by atoms with E-state index in [9.17, 15) is 9.59 Å². The van der Waals surface area contributed by atoms with Gasteiger partial charge >= 0.3 is 12.1 Å². The van der Waals surface area contributed by atoms with Crippen LogP contribution in [-0.4, -0.2) is 33.6 Å². The molecule has 132 valence electrons. The van der Waals surface area contributed by atoms with Gasteiger partial charge in [0.1, 0.15) is 0 Å². The minimum atomic E-state index is -0.706. The summed E-state index contributed by atoms with van der Waals surface area (Å²) < 4.78 is 4.02. The van der Waals surface area contributed by atoms with E-state index in [4.69, 9.17) is 11.5 Å². The maximum atomic E-state index is 10.6. The van der Waals surface area contributed by atoms with Crippen molar-refractivity contribution in [3.05, 3.63) is 48.0 Å². The van der Waals surface area contributed by atoms with E-state index in [1.54, 1.807) is 0 Å². The highest BCUT2D eigenvalue weighted by Crippen LogP contribution is 2.05. The van der Waals surface area contributed by atoms with Gasteiger partial charge in [0.2, 0.25) is 0 Å². The van der Waals surface area contributed by atoms with Crippen molar-refractivity contribution in [3.63, 3.8) is 0 Å². The zero-order valence-electron chi connectivity index (χ0n) is 13.5. The van der Waals surface area contributed by atoms with E-state index in [-0.39, 0.29) is 0 Å². The van der Waals surface area contributed by atoms with Crippen molar-refractivity contribution in [2.45, 2.75) is 19.5 Å². The molecule has 0 saturated heterocycles. The molecular weight excluding hydrogens is 324 g/mol. The van der Waals surface area contributed by atoms with E-state index in [1.165, 1.54) is 12.4 Å². The number of amides is 4. The van der Waals surface area contributed by atoms with Gasteiger partial charge in [-0.2, -0.15) is 10.2 Å². The molecule has 0 unspecified atom stereocenters. The van der Waals surface area contributed by atoms with Crippen molar-refractivity contribution < 1.29 is 9.59 Å². The number of carbonyl (C=O) groups is 2. The summed E-state index contributed by atoms with van der Waals surface area (Å²) in [6.07, 6.45) is 7.79. The molecule has 2 rings (SSSR count). The second-order valence-electron chi connectivity index (χ2n) is 5.07. The van der Waals surface area contributed by atoms with Crippen LogP contribution >= 0.6 is 0 Å². The fourth-order valence-corrected chi connectivity index (χ4v) is 2.23. The number of aromatic nitrogens is 2. The number of hydrazone groups is 2. The Morgan fingerprint density at radius 3 is 1.76 bits per heavy atom. The van der Waals surface area contributed by atoms with Crippen LogP contribution in [-0.2, 0) is 13.1 Å². The second kappa shape index (κ2) is 8.91. The largest absolute Gasteiger partial charge is 0.350 e. The summed E-state index contributed by atoms with van der Waals surface area (Å²) in [6.45, 7) is 1.53. The Hall–Kier alpha value is -3.56. The van der Waals surface area contributed by atoms with Crippen molar-refractivity contribution in [1.29, 1.82) is 0 Å². The van der Waals surface area contributed by atoms with E-state index >= 15 is 0 Å². The van der Waals surface area contributed by atoms with Crippen LogP contribution in [0, 0.1) is 0 Å². The quantitative estimate of drug-likeness (QED) is 0.405. The van der Waals surface area contributed by atoms with Gasteiger partial charge in [0, 0.05) is 25.5 Å². The fourth-order valence-electron chi connectivity index (χ4n) is 2.23. The van der Waals surface area contributed by atoms with Crippen LogP contribution in [0.3, 0.4) is 0 Å². The Kier molecular flexibility index (Phi) is 6.34. The number of urea groups is 2. The number of nitrogens with zero attached hydrogens (tertiary/aromatic N) is 4. The molecule has 0 aliphatic rings. The van der Waals surface area contributed by atoms with Crippen LogP contribution in [0.2, 0.25) is 0 Å². The molecule has 2 aromatic rings. The van der Waals surface area contributed by atoms with Crippen molar-refractivity contribution in [2.24, 2.45) is 21.7 Å². The van der Waals surface area contributed by atoms with Crippen molar-refractivity contribution in [2.75, 3.05) is 0 Å². The number of aryl methyl sites for hydroxylation is 2. The molecule has 0 saturated carbocycles. The third kappa shape index (κ3) is 5.86. The third-order valence-electron chi connectivity index (χ3n) is 3.27. The lowest BCUT2D eigenvalue weighted by molar-refractivity contribution is 0.248. The van der Waals surface area contributed by atoms with Crippen molar-refractivity contribution in [3.8, 4) is 0 Å². The summed E-state index contributed by atoms with van der Waals surface area (Å²) in [5, 5.41) is 7.51. The highest BCUT2D eigenvalue weighted by atomic mass is 16.2. The lowest BCUT2D eigenvalue weighted by Gasteiger charge is -2.09. The molecular formula is C15H20N8O2. The van der Waals surface area contributed by atoms with Gasteiger partial charge in [0.15, 0.2) is 0 Å². The first-order chi connectivity index (χ1) is 12.1. The first kappa shape index (κ1) is 17.8. The minimum Gasteiger partial charge on any atom is -0.350 e. The monoisotopic (exact) mass is 344 g/mol. The van der Waals surface area contributed by atoms with E-state index < -0.39 is 12.1 Å². The van der Waals surface area contributed by atoms with Crippen LogP contribution in [0.25, 0.3) is 0 Å². The number of rotatable bonds is 8. The van der Waals surface area contributed by atoms with Crippen LogP contribution < -0.4 is 22.3 Å². The molecule has 0 fully saturated rings. The summed E-state index contributed by atoms with van der Waals surface area (Å²) >= 11 is 0. The molecule has 2 aromatic heterocycles. The van der Waals surface area contributed by atoms with Crippen molar-refractivity contribution in [1.82, 2.24) is 20.0 Å². The number of carbonyl (C=O) groups excluding carboxylic acids is 2. The molecule has 25 heavy (non-hydrogen) atoms. The van der Waals surface area contributed by atoms with E-state index in [1.807, 2.05) is 45.8 Å².